The first-order valence-electron chi connectivity index (χ1n) is 7.37. The molecule has 3 nitrogen and oxygen atoms in total. The maximum atomic E-state index is 12.4. The lowest BCUT2D eigenvalue weighted by atomic mass is 10.1. The van der Waals surface area contributed by atoms with Gasteiger partial charge in [-0.15, -0.1) is 0 Å². The van der Waals surface area contributed by atoms with E-state index in [2.05, 4.69) is 5.32 Å². The minimum Gasteiger partial charge on any atom is -0.481 e. The molecule has 0 aliphatic rings. The molecule has 22 heavy (non-hydrogen) atoms. The van der Waals surface area contributed by atoms with Crippen molar-refractivity contribution in [1.82, 2.24) is 5.32 Å². The molecule has 2 aromatic carbocycles. The van der Waals surface area contributed by atoms with E-state index in [1.165, 1.54) is 0 Å². The number of amides is 1. The zero-order valence-electron chi connectivity index (χ0n) is 12.8. The third-order valence-corrected chi connectivity index (χ3v) is 3.67. The predicted octanol–water partition coefficient (Wildman–Crippen LogP) is 4.37. The zero-order chi connectivity index (χ0) is 15.9. The Morgan fingerprint density at radius 2 is 1.77 bits per heavy atom. The van der Waals surface area contributed by atoms with Crippen molar-refractivity contribution in [3.8, 4) is 5.75 Å². The predicted molar refractivity (Wildman–Crippen MR) is 89.2 cm³/mol. The van der Waals surface area contributed by atoms with Crippen LogP contribution in [0.1, 0.15) is 31.9 Å². The Balaban J connectivity index is 1.98. The SMILES string of the molecule is CCC(Oc1ccc(Cl)cc1)C(=O)NC(C)c1ccccc1. The molecule has 0 bridgehead atoms. The van der Waals surface area contributed by atoms with Crippen LogP contribution in [-0.2, 0) is 4.79 Å². The van der Waals surface area contributed by atoms with Gasteiger partial charge < -0.3 is 10.1 Å². The molecule has 4 heteroatoms. The molecule has 0 aliphatic heterocycles. The number of nitrogens with one attached hydrogen (secondary N) is 1. The summed E-state index contributed by atoms with van der Waals surface area (Å²) < 4.78 is 5.75. The third-order valence-electron chi connectivity index (χ3n) is 3.41. The Bertz CT molecular complexity index is 598. The summed E-state index contributed by atoms with van der Waals surface area (Å²) in [4.78, 5) is 12.4. The summed E-state index contributed by atoms with van der Waals surface area (Å²) in [7, 11) is 0. The quantitative estimate of drug-likeness (QED) is 0.859. The Labute approximate surface area is 136 Å². The molecule has 2 atom stereocenters. The van der Waals surface area contributed by atoms with Crippen molar-refractivity contribution in [2.75, 3.05) is 0 Å². The number of benzene rings is 2. The summed E-state index contributed by atoms with van der Waals surface area (Å²) in [5, 5.41) is 3.63. The summed E-state index contributed by atoms with van der Waals surface area (Å²) in [6, 6.07) is 16.8. The molecular formula is C18H20ClNO2. The summed E-state index contributed by atoms with van der Waals surface area (Å²) in [6.45, 7) is 3.88. The highest BCUT2D eigenvalue weighted by Crippen LogP contribution is 2.18. The third kappa shape index (κ3) is 4.50. The van der Waals surface area contributed by atoms with Crippen molar-refractivity contribution in [1.29, 1.82) is 0 Å². The molecule has 0 saturated heterocycles. The largest absolute Gasteiger partial charge is 0.481 e. The molecule has 2 rings (SSSR count). The van der Waals surface area contributed by atoms with Crippen molar-refractivity contribution in [2.24, 2.45) is 0 Å². The first-order valence-corrected chi connectivity index (χ1v) is 7.75. The number of carbonyl (C=O) groups is 1. The van der Waals surface area contributed by atoms with Gasteiger partial charge in [-0.05, 0) is 43.2 Å². The van der Waals surface area contributed by atoms with Gasteiger partial charge in [0.25, 0.3) is 5.91 Å². The van der Waals surface area contributed by atoms with E-state index >= 15 is 0 Å². The molecule has 0 radical (unpaired) electrons. The van der Waals surface area contributed by atoms with Crippen LogP contribution in [0, 0.1) is 0 Å². The molecular weight excluding hydrogens is 298 g/mol. The Morgan fingerprint density at radius 1 is 1.14 bits per heavy atom. The highest BCUT2D eigenvalue weighted by atomic mass is 35.5. The van der Waals surface area contributed by atoms with Gasteiger partial charge in [0, 0.05) is 5.02 Å². The zero-order valence-corrected chi connectivity index (χ0v) is 13.5. The van der Waals surface area contributed by atoms with Gasteiger partial charge in [-0.2, -0.15) is 0 Å². The van der Waals surface area contributed by atoms with Gasteiger partial charge in [-0.3, -0.25) is 4.79 Å². The average molecular weight is 318 g/mol. The monoisotopic (exact) mass is 317 g/mol. The van der Waals surface area contributed by atoms with Gasteiger partial charge in [0.1, 0.15) is 5.75 Å². The Hall–Kier alpha value is -2.00. The van der Waals surface area contributed by atoms with E-state index in [0.717, 1.165) is 5.56 Å². The fraction of sp³-hybridized carbons (Fsp3) is 0.278. The fourth-order valence-corrected chi connectivity index (χ4v) is 2.26. The van der Waals surface area contributed by atoms with Gasteiger partial charge in [-0.1, -0.05) is 48.9 Å². The molecule has 0 saturated carbocycles. The number of carbonyl (C=O) groups excluding carboxylic acids is 1. The summed E-state index contributed by atoms with van der Waals surface area (Å²) in [5.74, 6) is 0.521. The van der Waals surface area contributed by atoms with Gasteiger partial charge in [-0.25, -0.2) is 0 Å². The Morgan fingerprint density at radius 3 is 2.36 bits per heavy atom. The van der Waals surface area contributed by atoms with Gasteiger partial charge in [0.2, 0.25) is 0 Å². The maximum Gasteiger partial charge on any atom is 0.261 e. The van der Waals surface area contributed by atoms with E-state index in [-0.39, 0.29) is 11.9 Å². The number of halogens is 1. The number of hydrogen-bond acceptors (Lipinski definition) is 2. The lowest BCUT2D eigenvalue weighted by molar-refractivity contribution is -0.128. The molecule has 0 heterocycles. The number of ether oxygens (including phenoxy) is 1. The van der Waals surface area contributed by atoms with Crippen molar-refractivity contribution < 1.29 is 9.53 Å². The van der Waals surface area contributed by atoms with Crippen molar-refractivity contribution >= 4 is 17.5 Å². The van der Waals surface area contributed by atoms with Crippen LogP contribution in [-0.4, -0.2) is 12.0 Å². The van der Waals surface area contributed by atoms with E-state index in [1.807, 2.05) is 44.2 Å². The standard InChI is InChI=1S/C18H20ClNO2/c1-3-17(22-16-11-9-15(19)10-12-16)18(21)20-13(2)14-7-5-4-6-8-14/h4-13,17H,3H2,1-2H3,(H,20,21). The molecule has 0 spiro atoms. The molecule has 116 valence electrons. The average Bonchev–Trinajstić information content (AvgIpc) is 2.55. The molecule has 0 aliphatic carbocycles. The Kier molecular flexibility index (Phi) is 5.84. The summed E-state index contributed by atoms with van der Waals surface area (Å²) in [6.07, 6.45) is 0.0722. The second kappa shape index (κ2) is 7.85. The maximum absolute atomic E-state index is 12.4. The van der Waals surface area contributed by atoms with Crippen LogP contribution >= 0.6 is 11.6 Å². The topological polar surface area (TPSA) is 38.3 Å². The van der Waals surface area contributed by atoms with Crippen LogP contribution in [0.2, 0.25) is 5.02 Å². The van der Waals surface area contributed by atoms with E-state index in [9.17, 15) is 4.79 Å². The molecule has 2 unspecified atom stereocenters. The van der Waals surface area contributed by atoms with E-state index in [4.69, 9.17) is 16.3 Å². The molecule has 0 fully saturated rings. The van der Waals surface area contributed by atoms with Crippen molar-refractivity contribution in [2.45, 2.75) is 32.4 Å². The molecule has 1 amide bonds. The van der Waals surface area contributed by atoms with Crippen LogP contribution < -0.4 is 10.1 Å². The smallest absolute Gasteiger partial charge is 0.261 e. The first kappa shape index (κ1) is 16.4. The molecule has 0 aromatic heterocycles. The van der Waals surface area contributed by atoms with E-state index in [1.54, 1.807) is 24.3 Å². The highest BCUT2D eigenvalue weighted by Gasteiger charge is 2.20. The minimum atomic E-state index is -0.521. The minimum absolute atomic E-state index is 0.0587. The number of rotatable bonds is 6. The second-order valence-corrected chi connectivity index (χ2v) is 5.55. The van der Waals surface area contributed by atoms with Crippen molar-refractivity contribution in [3.05, 3.63) is 65.2 Å². The summed E-state index contributed by atoms with van der Waals surface area (Å²) in [5.41, 5.74) is 1.07. The normalized spacial score (nSPS) is 13.2. The van der Waals surface area contributed by atoms with Gasteiger partial charge >= 0.3 is 0 Å². The molecule has 2 aromatic rings. The van der Waals surface area contributed by atoms with Crippen LogP contribution in [0.25, 0.3) is 0 Å². The van der Waals surface area contributed by atoms with E-state index in [0.29, 0.717) is 17.2 Å². The number of hydrogen-bond donors (Lipinski definition) is 1. The van der Waals surface area contributed by atoms with Crippen LogP contribution in [0.15, 0.2) is 54.6 Å². The summed E-state index contributed by atoms with van der Waals surface area (Å²) >= 11 is 5.85. The van der Waals surface area contributed by atoms with Crippen molar-refractivity contribution in [3.63, 3.8) is 0 Å². The first-order chi connectivity index (χ1) is 10.6. The lowest BCUT2D eigenvalue weighted by Gasteiger charge is -2.20. The van der Waals surface area contributed by atoms with Gasteiger partial charge in [0.05, 0.1) is 6.04 Å². The highest BCUT2D eigenvalue weighted by molar-refractivity contribution is 6.30. The van der Waals surface area contributed by atoms with E-state index < -0.39 is 6.10 Å². The van der Waals surface area contributed by atoms with Crippen LogP contribution in [0.4, 0.5) is 0 Å². The molecule has 1 N–H and O–H groups in total. The fourth-order valence-electron chi connectivity index (χ4n) is 2.13. The van der Waals surface area contributed by atoms with Gasteiger partial charge in [0.15, 0.2) is 6.10 Å². The van der Waals surface area contributed by atoms with Crippen LogP contribution in [0.5, 0.6) is 5.75 Å². The second-order valence-electron chi connectivity index (χ2n) is 5.11. The lowest BCUT2D eigenvalue weighted by Crippen LogP contribution is -2.39. The van der Waals surface area contributed by atoms with Crippen LogP contribution in [0.3, 0.4) is 0 Å².